The van der Waals surface area contributed by atoms with E-state index in [0.29, 0.717) is 0 Å². The molecule has 44 heavy (non-hydrogen) atoms. The van der Waals surface area contributed by atoms with Crippen molar-refractivity contribution < 1.29 is 19.5 Å². The van der Waals surface area contributed by atoms with Crippen molar-refractivity contribution in [3.63, 3.8) is 0 Å². The monoisotopic (exact) mass is 637 g/mol. The maximum atomic E-state index is 14.0. The number of phenols is 2. The van der Waals surface area contributed by atoms with Gasteiger partial charge in [-0.05, 0) is 0 Å². The first-order chi connectivity index (χ1) is 21.3. The van der Waals surface area contributed by atoms with Gasteiger partial charge in [0.1, 0.15) is 0 Å². The van der Waals surface area contributed by atoms with Crippen LogP contribution in [0.5, 0.6) is 11.5 Å². The third-order valence-corrected chi connectivity index (χ3v) is 16.3. The van der Waals surface area contributed by atoms with Crippen LogP contribution in [0.3, 0.4) is 0 Å². The van der Waals surface area contributed by atoms with Gasteiger partial charge in [0.25, 0.3) is 0 Å². The van der Waals surface area contributed by atoms with Crippen LogP contribution in [0.1, 0.15) is 192 Å². The number of phenolic OH excluding ortho intramolecular Hbond substituents is 2. The van der Waals surface area contributed by atoms with Gasteiger partial charge in [-0.1, -0.05) is 13.3 Å². The first-order valence-corrected chi connectivity index (χ1v) is 22.0. The van der Waals surface area contributed by atoms with Gasteiger partial charge in [0.2, 0.25) is 0 Å². The quantitative estimate of drug-likeness (QED) is 0.0501. The van der Waals surface area contributed by atoms with Crippen molar-refractivity contribution in [2.24, 2.45) is 0 Å². The Bertz CT molecular complexity index is 820. The van der Waals surface area contributed by atoms with Crippen LogP contribution in [-0.2, 0) is 4.52 Å². The molecule has 0 atom stereocenters. The van der Waals surface area contributed by atoms with Crippen molar-refractivity contribution in [2.75, 3.05) is 24.6 Å². The summed E-state index contributed by atoms with van der Waals surface area (Å²) in [7, 11) is 0. The Balaban J connectivity index is 3.13. The summed E-state index contributed by atoms with van der Waals surface area (Å²) in [5, 5.41) is 20.8. The Morgan fingerprint density at radius 1 is 0.523 bits per heavy atom. The molecule has 2 N–H and O–H groups in total. The van der Waals surface area contributed by atoms with Crippen LogP contribution in [0, 0.1) is 0 Å². The molecule has 0 bridgehead atoms. The number of carbonyl (C=O) groups is 1. The predicted molar refractivity (Wildman–Crippen MR) is 195 cm³/mol. The minimum absolute atomic E-state index is 0.00939. The van der Waals surface area contributed by atoms with Gasteiger partial charge in [0, 0.05) is 0 Å². The van der Waals surface area contributed by atoms with Crippen molar-refractivity contribution in [2.45, 2.75) is 182 Å². The predicted octanol–water partition coefficient (Wildman–Crippen LogP) is 13.2. The summed E-state index contributed by atoms with van der Waals surface area (Å²) in [5.41, 5.74) is 0.115. The average Bonchev–Trinajstić information content (AvgIpc) is 3.02. The number of rotatable bonds is 30. The van der Waals surface area contributed by atoms with E-state index >= 15 is 0 Å². The van der Waals surface area contributed by atoms with Crippen molar-refractivity contribution in [1.29, 1.82) is 0 Å². The molecule has 0 spiro atoms. The second-order valence-corrected chi connectivity index (χ2v) is 19.6. The van der Waals surface area contributed by atoms with Gasteiger partial charge in [-0.3, -0.25) is 0 Å². The van der Waals surface area contributed by atoms with Gasteiger partial charge >= 0.3 is 261 Å². The van der Waals surface area contributed by atoms with Gasteiger partial charge in [-0.15, -0.1) is 0 Å². The summed E-state index contributed by atoms with van der Waals surface area (Å²) in [4.78, 5) is 14.0. The average molecular weight is 637 g/mol. The van der Waals surface area contributed by atoms with E-state index in [-0.39, 0.29) is 17.1 Å². The molecule has 0 heterocycles. The fourth-order valence-corrected chi connectivity index (χ4v) is 13.4. The fraction of sp³-hybridized carbons (Fsp3) is 0.821. The number of unbranched alkanes of at least 4 members (excludes halogenated alkanes) is 20. The molecule has 0 aliphatic heterocycles. The van der Waals surface area contributed by atoms with Gasteiger partial charge in [0.15, 0.2) is 0 Å². The second-order valence-electron chi connectivity index (χ2n) is 13.9. The topological polar surface area (TPSA) is 66.8 Å². The van der Waals surface area contributed by atoms with E-state index in [1.54, 1.807) is 0 Å². The third kappa shape index (κ3) is 16.9. The first-order valence-electron chi connectivity index (χ1n) is 19.1. The van der Waals surface area contributed by atoms with Gasteiger partial charge in [-0.2, -0.15) is 0 Å². The Morgan fingerprint density at radius 3 is 1.20 bits per heavy atom. The summed E-state index contributed by atoms with van der Waals surface area (Å²) in [6, 6.07) is 4.23. The standard InChI is InChI=1S/C39H73O4P/c1-5-9-13-17-18-19-20-21-22-23-24-28-34-44(31-25-14-10-6-2,32-26-15-11-7-3,33-27-16-12-8-4)43-39(42)37-35-36(40)29-30-38(37)41/h29-30,35,40-41H,5-28,31-34H2,1-4H3. The van der Waals surface area contributed by atoms with Crippen LogP contribution in [0.25, 0.3) is 0 Å². The Hall–Kier alpha value is -1.28. The van der Waals surface area contributed by atoms with Gasteiger partial charge in [-0.25, -0.2) is 0 Å². The molecule has 4 nitrogen and oxygen atoms in total. The van der Waals surface area contributed by atoms with E-state index in [0.717, 1.165) is 50.3 Å². The Kier molecular flexibility index (Phi) is 23.0. The number of hydrogen-bond donors (Lipinski definition) is 2. The summed E-state index contributed by atoms with van der Waals surface area (Å²) >= 11 is 0. The summed E-state index contributed by atoms with van der Waals surface area (Å²) in [6.07, 6.45) is 34.1. The second kappa shape index (κ2) is 24.9. The normalized spacial score (nSPS) is 12.7. The van der Waals surface area contributed by atoms with Gasteiger partial charge in [0.05, 0.1) is 0 Å². The molecule has 0 aliphatic carbocycles. The van der Waals surface area contributed by atoms with E-state index in [1.807, 2.05) is 0 Å². The van der Waals surface area contributed by atoms with Crippen LogP contribution in [0.4, 0.5) is 0 Å². The van der Waals surface area contributed by atoms with E-state index in [9.17, 15) is 15.0 Å². The SMILES string of the molecule is CCCCCCCCCCCCCCP(CCCCCC)(CCCCCC)(CCCCCC)OC(=O)c1cc(O)ccc1O. The molecule has 1 aromatic carbocycles. The number of benzene rings is 1. The van der Waals surface area contributed by atoms with Crippen LogP contribution in [-0.4, -0.2) is 40.8 Å². The molecule has 0 aromatic heterocycles. The summed E-state index contributed by atoms with van der Waals surface area (Å²) in [6.45, 7) is 6.12. The van der Waals surface area contributed by atoms with E-state index in [4.69, 9.17) is 4.52 Å². The minimum atomic E-state index is -2.93. The van der Waals surface area contributed by atoms with Crippen LogP contribution >= 0.6 is 6.83 Å². The molecule has 0 unspecified atom stereocenters. The summed E-state index contributed by atoms with van der Waals surface area (Å²) in [5.74, 6) is -0.529. The number of aromatic hydroxyl groups is 2. The number of carbonyl (C=O) groups excluding carboxylic acids is 1. The molecule has 1 aromatic rings. The van der Waals surface area contributed by atoms with Crippen molar-refractivity contribution >= 4 is 12.8 Å². The number of hydrogen-bond acceptors (Lipinski definition) is 4. The van der Waals surface area contributed by atoms with Crippen molar-refractivity contribution in [3.05, 3.63) is 23.8 Å². The van der Waals surface area contributed by atoms with E-state index in [2.05, 4.69) is 27.7 Å². The molecule has 0 aliphatic rings. The van der Waals surface area contributed by atoms with Crippen LogP contribution in [0.2, 0.25) is 0 Å². The molecule has 5 heteroatoms. The molecule has 0 radical (unpaired) electrons. The molecular weight excluding hydrogens is 563 g/mol. The molecule has 0 fully saturated rings. The molecule has 0 saturated carbocycles. The fourth-order valence-electron chi connectivity index (χ4n) is 6.99. The Morgan fingerprint density at radius 2 is 0.841 bits per heavy atom. The molecule has 1 rings (SSSR count). The van der Waals surface area contributed by atoms with Gasteiger partial charge < -0.3 is 0 Å². The van der Waals surface area contributed by atoms with Crippen molar-refractivity contribution in [1.82, 2.24) is 0 Å². The van der Waals surface area contributed by atoms with Crippen molar-refractivity contribution in [3.8, 4) is 11.5 Å². The molecular formula is C39H73O4P. The maximum absolute atomic E-state index is 14.0. The molecule has 0 saturated heterocycles. The molecule has 258 valence electrons. The zero-order chi connectivity index (χ0) is 32.4. The zero-order valence-electron chi connectivity index (χ0n) is 29.7. The first kappa shape index (κ1) is 40.7. The summed E-state index contributed by atoms with van der Waals surface area (Å²) < 4.78 is 7.01. The van der Waals surface area contributed by atoms with E-state index < -0.39 is 12.8 Å². The molecule has 0 amide bonds. The van der Waals surface area contributed by atoms with Crippen LogP contribution < -0.4 is 0 Å². The Labute approximate surface area is 273 Å². The zero-order valence-corrected chi connectivity index (χ0v) is 30.6. The third-order valence-electron chi connectivity index (χ3n) is 9.85. The van der Waals surface area contributed by atoms with Crippen LogP contribution in [0.15, 0.2) is 18.2 Å². The van der Waals surface area contributed by atoms with E-state index in [1.165, 1.54) is 147 Å².